The summed E-state index contributed by atoms with van der Waals surface area (Å²) in [5.74, 6) is -1.90. The average Bonchev–Trinajstić information content (AvgIpc) is 2.85. The quantitative estimate of drug-likeness (QED) is 0.285. The highest BCUT2D eigenvalue weighted by Crippen LogP contribution is 2.40. The molecule has 0 saturated heterocycles. The summed E-state index contributed by atoms with van der Waals surface area (Å²) in [5.41, 5.74) is 2.13. The van der Waals surface area contributed by atoms with Crippen molar-refractivity contribution in [3.8, 4) is 0 Å². The first-order valence-corrected chi connectivity index (χ1v) is 12.4. The van der Waals surface area contributed by atoms with Gasteiger partial charge < -0.3 is 0 Å². The Balaban J connectivity index is 1.54. The van der Waals surface area contributed by atoms with Gasteiger partial charge in [0.05, 0.1) is 11.4 Å². The smallest absolute Gasteiger partial charge is 0.267 e. The Kier molecular flexibility index (Phi) is 4.96. The van der Waals surface area contributed by atoms with E-state index in [-0.39, 0.29) is 33.9 Å². The molecule has 0 N–H and O–H groups in total. The number of imide groups is 2. The molecule has 0 spiro atoms. The van der Waals surface area contributed by atoms with Gasteiger partial charge in [0.15, 0.2) is 0 Å². The van der Waals surface area contributed by atoms with Gasteiger partial charge in [0.2, 0.25) is 0 Å². The van der Waals surface area contributed by atoms with E-state index in [0.29, 0.717) is 22.2 Å². The van der Waals surface area contributed by atoms with E-state index >= 15 is 0 Å². The van der Waals surface area contributed by atoms with Gasteiger partial charge in [0.25, 0.3) is 23.6 Å². The zero-order chi connectivity index (χ0) is 25.5. The number of rotatable bonds is 2. The van der Waals surface area contributed by atoms with E-state index in [1.165, 1.54) is 24.3 Å². The molecule has 4 heterocycles. The Hall–Kier alpha value is -3.76. The van der Waals surface area contributed by atoms with Crippen molar-refractivity contribution in [3.05, 3.63) is 91.1 Å². The van der Waals surface area contributed by atoms with Crippen molar-refractivity contribution >= 4 is 77.9 Å². The summed E-state index contributed by atoms with van der Waals surface area (Å²) < 4.78 is 1.50. The van der Waals surface area contributed by atoms with Crippen molar-refractivity contribution in [2.24, 2.45) is 0 Å². The number of hydrogen-bond donors (Lipinski definition) is 0. The van der Waals surface area contributed by atoms with Gasteiger partial charge in [-0.3, -0.25) is 19.2 Å². The predicted molar refractivity (Wildman–Crippen MR) is 140 cm³/mol. The van der Waals surface area contributed by atoms with Crippen LogP contribution in [0.5, 0.6) is 0 Å². The molecule has 0 aliphatic carbocycles. The van der Waals surface area contributed by atoms with Crippen molar-refractivity contribution in [1.82, 2.24) is 9.97 Å². The molecule has 0 saturated carbocycles. The number of hydrogen-bond acceptors (Lipinski definition) is 6. The zero-order valence-electron chi connectivity index (χ0n) is 18.8. The maximum atomic E-state index is 13.5. The van der Waals surface area contributed by atoms with E-state index in [2.05, 4.69) is 41.8 Å². The second kappa shape index (κ2) is 7.87. The molecule has 36 heavy (non-hydrogen) atoms. The first kappa shape index (κ1) is 22.7. The summed E-state index contributed by atoms with van der Waals surface area (Å²) >= 11 is 6.76. The van der Waals surface area contributed by atoms with Gasteiger partial charge in [0, 0.05) is 42.0 Å². The Morgan fingerprint density at radius 2 is 0.833 bits per heavy atom. The number of amides is 4. The number of anilines is 2. The van der Waals surface area contributed by atoms with Crippen LogP contribution < -0.4 is 9.80 Å². The summed E-state index contributed by atoms with van der Waals surface area (Å²) in [4.78, 5) is 64.9. The maximum absolute atomic E-state index is 13.5. The number of carbonyl (C=O) groups excluding carboxylic acids is 4. The van der Waals surface area contributed by atoms with E-state index in [1.807, 2.05) is 0 Å². The third-order valence-corrected chi connectivity index (χ3v) is 8.04. The lowest BCUT2D eigenvalue weighted by atomic mass is 9.86. The molecule has 2 aromatic heterocycles. The molecule has 176 valence electrons. The van der Waals surface area contributed by atoms with Gasteiger partial charge >= 0.3 is 0 Å². The number of nitrogens with zero attached hydrogens (tertiary/aromatic N) is 4. The summed E-state index contributed by atoms with van der Waals surface area (Å²) in [6.45, 7) is 3.52. The Labute approximate surface area is 221 Å². The average molecular weight is 606 g/mol. The van der Waals surface area contributed by atoms with Gasteiger partial charge in [-0.2, -0.15) is 0 Å². The van der Waals surface area contributed by atoms with Gasteiger partial charge in [0.1, 0.15) is 11.6 Å². The lowest BCUT2D eigenvalue weighted by Crippen LogP contribution is -2.44. The van der Waals surface area contributed by atoms with Gasteiger partial charge in [-0.25, -0.2) is 19.8 Å². The molecule has 2 aliphatic heterocycles. The molecule has 2 aromatic carbocycles. The zero-order valence-corrected chi connectivity index (χ0v) is 22.0. The van der Waals surface area contributed by atoms with E-state index in [1.54, 1.807) is 38.1 Å². The Bertz CT molecular complexity index is 1540. The van der Waals surface area contributed by atoms with E-state index in [9.17, 15) is 19.2 Å². The second-order valence-corrected chi connectivity index (χ2v) is 10.1. The third kappa shape index (κ3) is 3.04. The molecule has 0 atom stereocenters. The van der Waals surface area contributed by atoms with Crippen molar-refractivity contribution in [2.45, 2.75) is 13.8 Å². The number of benzene rings is 2. The van der Waals surface area contributed by atoms with Crippen LogP contribution in [0.3, 0.4) is 0 Å². The third-order valence-electron chi connectivity index (χ3n) is 6.37. The highest BCUT2D eigenvalue weighted by atomic mass is 79.9. The van der Waals surface area contributed by atoms with Crippen LogP contribution in [0.2, 0.25) is 0 Å². The van der Waals surface area contributed by atoms with E-state index < -0.39 is 23.6 Å². The highest BCUT2D eigenvalue weighted by Gasteiger charge is 2.41. The largest absolute Gasteiger partial charge is 0.268 e. The molecule has 4 amide bonds. The summed E-state index contributed by atoms with van der Waals surface area (Å²) in [5, 5.41) is 0.595. The lowest BCUT2D eigenvalue weighted by Gasteiger charge is -2.31. The normalized spacial score (nSPS) is 14.8. The van der Waals surface area contributed by atoms with Crippen LogP contribution in [0.4, 0.5) is 11.6 Å². The molecular weight excluding hydrogens is 592 g/mol. The van der Waals surface area contributed by atoms with Crippen molar-refractivity contribution in [3.63, 3.8) is 0 Å². The minimum absolute atomic E-state index is 0.194. The van der Waals surface area contributed by atoms with Gasteiger partial charge in [-0.15, -0.1) is 0 Å². The van der Waals surface area contributed by atoms with Crippen LogP contribution in [-0.2, 0) is 0 Å². The highest BCUT2D eigenvalue weighted by molar-refractivity contribution is 9.10. The van der Waals surface area contributed by atoms with Crippen LogP contribution in [0, 0.1) is 13.8 Å². The fourth-order valence-corrected chi connectivity index (χ4v) is 5.04. The fourth-order valence-electron chi connectivity index (χ4n) is 4.60. The van der Waals surface area contributed by atoms with Crippen LogP contribution in [0.15, 0.2) is 57.5 Å². The first-order chi connectivity index (χ1) is 17.2. The Morgan fingerprint density at radius 1 is 0.528 bits per heavy atom. The van der Waals surface area contributed by atoms with Crippen LogP contribution in [0.1, 0.15) is 52.8 Å². The topological polar surface area (TPSA) is 101 Å². The molecular formula is C26H14Br2N4O4. The SMILES string of the molecule is Cc1nc(N2C(=O)c3ccc4c5c(ccc(c35)C2=O)C(=O)N(c2ccc(Br)c(C)n2)C4=O)ccc1Br. The molecule has 0 unspecified atom stereocenters. The molecule has 0 radical (unpaired) electrons. The molecule has 0 bridgehead atoms. The number of aromatic nitrogens is 2. The number of carbonyl (C=O) groups is 4. The fraction of sp³-hybridized carbons (Fsp3) is 0.0769. The maximum Gasteiger partial charge on any atom is 0.267 e. The number of aryl methyl sites for hydroxylation is 2. The van der Waals surface area contributed by atoms with E-state index in [4.69, 9.17) is 0 Å². The molecule has 6 rings (SSSR count). The minimum Gasteiger partial charge on any atom is -0.268 e. The Morgan fingerprint density at radius 3 is 1.11 bits per heavy atom. The molecule has 10 heteroatoms. The summed E-state index contributed by atoms with van der Waals surface area (Å²) in [6.07, 6.45) is 0. The number of pyridine rings is 2. The molecule has 4 aromatic rings. The van der Waals surface area contributed by atoms with Crippen LogP contribution in [-0.4, -0.2) is 33.6 Å². The van der Waals surface area contributed by atoms with Crippen molar-refractivity contribution in [1.29, 1.82) is 0 Å². The van der Waals surface area contributed by atoms with E-state index in [0.717, 1.165) is 18.7 Å². The lowest BCUT2D eigenvalue weighted by molar-refractivity contribution is 0.0871. The predicted octanol–water partition coefficient (Wildman–Crippen LogP) is 5.37. The molecule has 8 nitrogen and oxygen atoms in total. The minimum atomic E-state index is -0.571. The standard InChI is InChI=1S/C26H14Br2N4O4/c1-11-17(27)7-9-19(29-11)31-23(33)13-3-5-15-22-16(6-4-14(21(13)22)24(31)34)26(36)32(25(15)35)20-10-8-18(28)12(2)30-20/h3-10H,1-2H3. The molecule has 0 fully saturated rings. The number of halogens is 2. The van der Waals surface area contributed by atoms with Gasteiger partial charge in [-0.05, 0) is 94.2 Å². The van der Waals surface area contributed by atoms with Gasteiger partial charge in [-0.1, -0.05) is 0 Å². The monoisotopic (exact) mass is 604 g/mol. The molecule has 2 aliphatic rings. The van der Waals surface area contributed by atoms with Crippen LogP contribution >= 0.6 is 31.9 Å². The van der Waals surface area contributed by atoms with Crippen molar-refractivity contribution in [2.75, 3.05) is 9.80 Å². The first-order valence-electron chi connectivity index (χ1n) is 10.8. The van der Waals surface area contributed by atoms with Crippen molar-refractivity contribution < 1.29 is 19.2 Å². The van der Waals surface area contributed by atoms with Crippen LogP contribution in [0.25, 0.3) is 10.8 Å². The summed E-state index contributed by atoms with van der Waals surface area (Å²) in [6, 6.07) is 12.7. The second-order valence-electron chi connectivity index (χ2n) is 8.44. The summed E-state index contributed by atoms with van der Waals surface area (Å²) in [7, 11) is 0.